The van der Waals surface area contributed by atoms with Crippen molar-refractivity contribution in [3.63, 3.8) is 0 Å². The molecule has 0 radical (unpaired) electrons. The van der Waals surface area contributed by atoms with Gasteiger partial charge in [0.15, 0.2) is 5.01 Å². The number of thiazole rings is 1. The van der Waals surface area contributed by atoms with Gasteiger partial charge in [-0.2, -0.15) is 0 Å². The van der Waals surface area contributed by atoms with Crippen molar-refractivity contribution < 1.29 is 18.7 Å². The Hall–Kier alpha value is -3.20. The van der Waals surface area contributed by atoms with Crippen LogP contribution in [0.4, 0.5) is 9.80 Å². The van der Waals surface area contributed by atoms with Crippen molar-refractivity contribution >= 4 is 28.3 Å². The first-order valence-corrected chi connectivity index (χ1v) is 10.9. The number of nitrogens with zero attached hydrogens (tertiary/aromatic N) is 3. The molecule has 3 aromatic rings. The third-order valence-electron chi connectivity index (χ3n) is 4.71. The minimum Gasteiger partial charge on any atom is -0.444 e. The fraction of sp³-hybridized carbons (Fsp3) is 0.364. The summed E-state index contributed by atoms with van der Waals surface area (Å²) in [6.07, 6.45) is 3.88. The number of amides is 2. The van der Waals surface area contributed by atoms with E-state index in [0.717, 1.165) is 12.0 Å². The maximum absolute atomic E-state index is 13.2. The molecule has 2 amide bonds. The number of carbonyl (C=O) groups excluding carboxylic acids is 2. The standard InChI is InChI=1S/C22H24N4O4S/c1-22(2,3)30-21(28)26-12-7-10-15(26)17(27)25-19-16(14-8-5-4-6-9-14)24-20(31-19)18-23-11-13-29-18/h4-6,8-9,11,13,15H,7,10,12H2,1-3H3,(H,25,27). The number of nitrogens with one attached hydrogen (secondary N) is 1. The second kappa shape index (κ2) is 8.50. The molecule has 9 heteroatoms. The Kier molecular flexibility index (Phi) is 5.77. The molecule has 1 N–H and O–H groups in total. The summed E-state index contributed by atoms with van der Waals surface area (Å²) in [5.41, 5.74) is 0.875. The van der Waals surface area contributed by atoms with Crippen LogP contribution in [0, 0.1) is 0 Å². The number of hydrogen-bond acceptors (Lipinski definition) is 7. The number of benzene rings is 1. The van der Waals surface area contributed by atoms with Gasteiger partial charge < -0.3 is 14.5 Å². The summed E-state index contributed by atoms with van der Waals surface area (Å²) >= 11 is 1.28. The lowest BCUT2D eigenvalue weighted by Gasteiger charge is -2.27. The van der Waals surface area contributed by atoms with Crippen molar-refractivity contribution in [3.8, 4) is 22.2 Å². The quantitative estimate of drug-likeness (QED) is 0.626. The monoisotopic (exact) mass is 440 g/mol. The number of oxazole rings is 1. The Morgan fingerprint density at radius 3 is 2.71 bits per heavy atom. The molecule has 1 atom stereocenters. The Morgan fingerprint density at radius 2 is 2.03 bits per heavy atom. The fourth-order valence-corrected chi connectivity index (χ4v) is 4.32. The number of likely N-dealkylation sites (tertiary alicyclic amines) is 1. The molecule has 4 rings (SSSR count). The van der Waals surface area contributed by atoms with Crippen LogP contribution in [-0.4, -0.2) is 45.1 Å². The third-order valence-corrected chi connectivity index (χ3v) is 5.67. The molecule has 0 saturated carbocycles. The third kappa shape index (κ3) is 4.77. The number of anilines is 1. The topological polar surface area (TPSA) is 97.6 Å². The van der Waals surface area contributed by atoms with Crippen LogP contribution in [0.2, 0.25) is 0 Å². The van der Waals surface area contributed by atoms with Gasteiger partial charge in [-0.3, -0.25) is 9.69 Å². The van der Waals surface area contributed by atoms with Gasteiger partial charge in [0.05, 0.1) is 6.20 Å². The molecule has 0 bridgehead atoms. The van der Waals surface area contributed by atoms with Crippen LogP contribution in [0.15, 0.2) is 47.2 Å². The van der Waals surface area contributed by atoms with Gasteiger partial charge in [0.1, 0.15) is 28.6 Å². The maximum Gasteiger partial charge on any atom is 0.410 e. The molecule has 31 heavy (non-hydrogen) atoms. The van der Waals surface area contributed by atoms with E-state index in [1.54, 1.807) is 6.20 Å². The van der Waals surface area contributed by atoms with Crippen LogP contribution in [0.5, 0.6) is 0 Å². The summed E-state index contributed by atoms with van der Waals surface area (Å²) in [6.45, 7) is 5.92. The predicted octanol–water partition coefficient (Wildman–Crippen LogP) is 4.80. The van der Waals surface area contributed by atoms with Crippen LogP contribution < -0.4 is 5.32 Å². The summed E-state index contributed by atoms with van der Waals surface area (Å²) in [6, 6.07) is 8.99. The van der Waals surface area contributed by atoms with Gasteiger partial charge in [0.25, 0.3) is 5.89 Å². The highest BCUT2D eigenvalue weighted by Crippen LogP contribution is 2.38. The molecule has 162 valence electrons. The first-order valence-electron chi connectivity index (χ1n) is 10.1. The molecule has 0 aliphatic carbocycles. The molecular weight excluding hydrogens is 416 g/mol. The lowest BCUT2D eigenvalue weighted by Crippen LogP contribution is -2.45. The largest absolute Gasteiger partial charge is 0.444 e. The predicted molar refractivity (Wildman–Crippen MR) is 118 cm³/mol. The Balaban J connectivity index is 1.59. The molecule has 8 nitrogen and oxygen atoms in total. The Morgan fingerprint density at radius 1 is 1.26 bits per heavy atom. The molecular formula is C22H24N4O4S. The van der Waals surface area contributed by atoms with Gasteiger partial charge in [-0.1, -0.05) is 41.7 Å². The summed E-state index contributed by atoms with van der Waals surface area (Å²) < 4.78 is 10.9. The number of hydrogen-bond donors (Lipinski definition) is 1. The average molecular weight is 441 g/mol. The minimum atomic E-state index is -0.621. The van der Waals surface area contributed by atoms with E-state index in [9.17, 15) is 9.59 Å². The van der Waals surface area contributed by atoms with Crippen molar-refractivity contribution in [1.82, 2.24) is 14.9 Å². The molecule has 1 fully saturated rings. The molecule has 1 unspecified atom stereocenters. The van der Waals surface area contributed by atoms with Crippen molar-refractivity contribution in [3.05, 3.63) is 42.8 Å². The van der Waals surface area contributed by atoms with Gasteiger partial charge in [-0.25, -0.2) is 14.8 Å². The van der Waals surface area contributed by atoms with Crippen molar-refractivity contribution in [2.24, 2.45) is 0 Å². The van der Waals surface area contributed by atoms with Gasteiger partial charge in [-0.15, -0.1) is 0 Å². The van der Waals surface area contributed by atoms with E-state index in [1.807, 2.05) is 51.1 Å². The lowest BCUT2D eigenvalue weighted by atomic mass is 10.1. The zero-order valence-electron chi connectivity index (χ0n) is 17.6. The molecule has 3 heterocycles. The summed E-state index contributed by atoms with van der Waals surface area (Å²) in [4.78, 5) is 36.0. The maximum atomic E-state index is 13.2. The van der Waals surface area contributed by atoms with E-state index in [1.165, 1.54) is 22.5 Å². The Labute approximate surface area is 184 Å². The summed E-state index contributed by atoms with van der Waals surface area (Å²) in [5.74, 6) is 0.127. The normalized spacial score (nSPS) is 16.4. The van der Waals surface area contributed by atoms with Crippen LogP contribution in [0.25, 0.3) is 22.2 Å². The summed E-state index contributed by atoms with van der Waals surface area (Å²) in [7, 11) is 0. The van der Waals surface area contributed by atoms with E-state index < -0.39 is 17.7 Å². The highest BCUT2D eigenvalue weighted by molar-refractivity contribution is 7.19. The first-order chi connectivity index (χ1) is 14.8. The van der Waals surface area contributed by atoms with Gasteiger partial charge in [0, 0.05) is 12.1 Å². The highest BCUT2D eigenvalue weighted by Gasteiger charge is 2.37. The number of aromatic nitrogens is 2. The number of ether oxygens (including phenoxy) is 1. The fourth-order valence-electron chi connectivity index (χ4n) is 3.39. The van der Waals surface area contributed by atoms with E-state index in [4.69, 9.17) is 9.15 Å². The number of rotatable bonds is 4. The van der Waals surface area contributed by atoms with E-state index >= 15 is 0 Å². The van der Waals surface area contributed by atoms with Gasteiger partial charge >= 0.3 is 6.09 Å². The average Bonchev–Trinajstić information content (AvgIpc) is 3.47. The van der Waals surface area contributed by atoms with E-state index in [-0.39, 0.29) is 5.91 Å². The number of carbonyl (C=O) groups is 2. The second-order valence-corrected chi connectivity index (χ2v) is 9.22. The molecule has 1 aromatic carbocycles. The molecule has 1 aliphatic heterocycles. The smallest absolute Gasteiger partial charge is 0.410 e. The van der Waals surface area contributed by atoms with Gasteiger partial charge in [0.2, 0.25) is 5.91 Å². The molecule has 2 aromatic heterocycles. The SMILES string of the molecule is CC(C)(C)OC(=O)N1CCCC1C(=O)Nc1sc(-c2ncco2)nc1-c1ccccc1. The molecule has 0 spiro atoms. The zero-order chi connectivity index (χ0) is 22.0. The minimum absolute atomic E-state index is 0.261. The van der Waals surface area contributed by atoms with Crippen LogP contribution >= 0.6 is 11.3 Å². The molecule has 1 aliphatic rings. The lowest BCUT2D eigenvalue weighted by molar-refractivity contribution is -0.120. The van der Waals surface area contributed by atoms with E-state index in [2.05, 4.69) is 15.3 Å². The van der Waals surface area contributed by atoms with Crippen LogP contribution in [-0.2, 0) is 9.53 Å². The van der Waals surface area contributed by atoms with E-state index in [0.29, 0.717) is 34.6 Å². The van der Waals surface area contributed by atoms with Gasteiger partial charge in [-0.05, 0) is 33.6 Å². The Bertz CT molecular complexity index is 1060. The van der Waals surface area contributed by atoms with Crippen molar-refractivity contribution in [2.45, 2.75) is 45.3 Å². The van der Waals surface area contributed by atoms with Crippen molar-refractivity contribution in [2.75, 3.05) is 11.9 Å². The zero-order valence-corrected chi connectivity index (χ0v) is 18.4. The highest BCUT2D eigenvalue weighted by atomic mass is 32.1. The van der Waals surface area contributed by atoms with Crippen molar-refractivity contribution in [1.29, 1.82) is 0 Å². The second-order valence-electron chi connectivity index (χ2n) is 8.22. The molecule has 1 saturated heterocycles. The first kappa shape index (κ1) is 21.0. The van der Waals surface area contributed by atoms with Crippen LogP contribution in [0.1, 0.15) is 33.6 Å². The summed E-state index contributed by atoms with van der Waals surface area (Å²) in [5, 5.41) is 4.13. The van der Waals surface area contributed by atoms with Crippen LogP contribution in [0.3, 0.4) is 0 Å².